The number of aromatic hydroxyl groups is 1. The van der Waals surface area contributed by atoms with Gasteiger partial charge >= 0.3 is 0 Å². The van der Waals surface area contributed by atoms with Crippen molar-refractivity contribution in [2.24, 2.45) is 0 Å². The second kappa shape index (κ2) is 13.8. The first-order valence-electron chi connectivity index (χ1n) is 12.0. The average Bonchev–Trinajstić information content (AvgIpc) is 2.92. The number of aryl methyl sites for hydroxylation is 1. The lowest BCUT2D eigenvalue weighted by Crippen LogP contribution is -2.51. The van der Waals surface area contributed by atoms with Crippen LogP contribution in [0.4, 0.5) is 0 Å². The standard InChI is InChI=1S/C20H22N2O6.C7H8O3S/c23-9-6-17-15(3-2-7-21-17)20(26)22-8-10-27-12-14(22)13-28-19-5-1-4-18(25)16(19)11-24;1-6-2-4-7(5-3-6)11(8,9)10/h1-5,7,11,14,23,25H,6,8-10,12-13H2;2-5H,1H3,(H,8,9,10). The first-order valence-corrected chi connectivity index (χ1v) is 13.5. The molecule has 0 bridgehead atoms. The maximum Gasteiger partial charge on any atom is 0.294 e. The third-order valence-corrected chi connectivity index (χ3v) is 6.74. The van der Waals surface area contributed by atoms with Gasteiger partial charge in [-0.15, -0.1) is 0 Å². The Morgan fingerprint density at radius 3 is 2.59 bits per heavy atom. The van der Waals surface area contributed by atoms with E-state index in [-0.39, 0.29) is 53.7 Å². The molecule has 3 aromatic rings. The van der Waals surface area contributed by atoms with Crippen LogP contribution in [-0.2, 0) is 21.3 Å². The summed E-state index contributed by atoms with van der Waals surface area (Å²) in [4.78, 5) is 30.1. The number of carbonyl (C=O) groups is 2. The van der Waals surface area contributed by atoms with Crippen LogP contribution in [0.3, 0.4) is 0 Å². The summed E-state index contributed by atoms with van der Waals surface area (Å²) < 4.78 is 40.8. The van der Waals surface area contributed by atoms with E-state index in [1.807, 2.05) is 6.92 Å². The molecule has 11 nitrogen and oxygen atoms in total. The highest BCUT2D eigenvalue weighted by molar-refractivity contribution is 7.85. The summed E-state index contributed by atoms with van der Waals surface area (Å²) in [6, 6.07) is 13.6. The number of hydrogen-bond donors (Lipinski definition) is 3. The van der Waals surface area contributed by atoms with E-state index in [1.165, 1.54) is 18.2 Å². The Hall–Kier alpha value is -3.84. The quantitative estimate of drug-likeness (QED) is 0.276. The fraction of sp³-hybridized carbons (Fsp3) is 0.296. The van der Waals surface area contributed by atoms with Crippen molar-refractivity contribution in [1.29, 1.82) is 0 Å². The number of phenols is 1. The molecule has 39 heavy (non-hydrogen) atoms. The third kappa shape index (κ3) is 8.07. The predicted molar refractivity (Wildman–Crippen MR) is 141 cm³/mol. The number of benzene rings is 2. The summed E-state index contributed by atoms with van der Waals surface area (Å²) in [5, 5.41) is 19.0. The van der Waals surface area contributed by atoms with E-state index in [0.717, 1.165) is 5.56 Å². The Bertz CT molecular complexity index is 1380. The van der Waals surface area contributed by atoms with Gasteiger partial charge in [0.2, 0.25) is 0 Å². The average molecular weight is 559 g/mol. The molecule has 0 aliphatic carbocycles. The zero-order valence-corrected chi connectivity index (χ0v) is 22.1. The van der Waals surface area contributed by atoms with Gasteiger partial charge in [-0.25, -0.2) is 0 Å². The fourth-order valence-electron chi connectivity index (χ4n) is 3.83. The summed E-state index contributed by atoms with van der Waals surface area (Å²) in [7, 11) is -4.02. The van der Waals surface area contributed by atoms with Crippen molar-refractivity contribution in [2.75, 3.05) is 33.0 Å². The van der Waals surface area contributed by atoms with Gasteiger partial charge in [0.15, 0.2) is 6.29 Å². The number of hydrogen-bond acceptors (Lipinski definition) is 9. The van der Waals surface area contributed by atoms with Gasteiger partial charge in [-0.2, -0.15) is 8.42 Å². The molecular formula is C27H30N2O9S. The van der Waals surface area contributed by atoms with Crippen molar-refractivity contribution in [1.82, 2.24) is 9.88 Å². The molecule has 1 fully saturated rings. The van der Waals surface area contributed by atoms with Crippen LogP contribution in [0.15, 0.2) is 65.7 Å². The van der Waals surface area contributed by atoms with Crippen LogP contribution in [0.1, 0.15) is 32.0 Å². The van der Waals surface area contributed by atoms with E-state index in [0.29, 0.717) is 37.1 Å². The SMILES string of the molecule is Cc1ccc(S(=O)(=O)O)cc1.O=Cc1c(O)cccc1OCC1COCCN1C(=O)c1cccnc1CCO. The van der Waals surface area contributed by atoms with E-state index < -0.39 is 10.1 Å². The number of aliphatic hydroxyl groups excluding tert-OH is 1. The molecule has 1 atom stereocenters. The van der Waals surface area contributed by atoms with Gasteiger partial charge in [0.25, 0.3) is 16.0 Å². The number of aldehydes is 1. The monoisotopic (exact) mass is 558 g/mol. The van der Waals surface area contributed by atoms with Gasteiger partial charge in [0.1, 0.15) is 18.1 Å². The smallest absolute Gasteiger partial charge is 0.294 e. The summed E-state index contributed by atoms with van der Waals surface area (Å²) in [5.74, 6) is -0.125. The Kier molecular flexibility index (Phi) is 10.5. The van der Waals surface area contributed by atoms with Crippen molar-refractivity contribution >= 4 is 22.3 Å². The van der Waals surface area contributed by atoms with E-state index >= 15 is 0 Å². The van der Waals surface area contributed by atoms with Crippen LogP contribution in [0, 0.1) is 6.92 Å². The second-order valence-electron chi connectivity index (χ2n) is 8.60. The number of aliphatic hydroxyl groups is 1. The summed E-state index contributed by atoms with van der Waals surface area (Å²) in [5.41, 5.74) is 2.00. The van der Waals surface area contributed by atoms with Gasteiger partial charge in [-0.1, -0.05) is 23.8 Å². The van der Waals surface area contributed by atoms with Gasteiger partial charge < -0.3 is 24.6 Å². The molecule has 2 heterocycles. The highest BCUT2D eigenvalue weighted by atomic mass is 32.2. The lowest BCUT2D eigenvalue weighted by atomic mass is 10.1. The minimum absolute atomic E-state index is 0.0644. The molecule has 3 N–H and O–H groups in total. The van der Waals surface area contributed by atoms with Crippen LogP contribution in [0.5, 0.6) is 11.5 Å². The Morgan fingerprint density at radius 1 is 1.18 bits per heavy atom. The largest absolute Gasteiger partial charge is 0.507 e. The number of pyridine rings is 1. The molecule has 1 aliphatic heterocycles. The number of morpholine rings is 1. The van der Waals surface area contributed by atoms with E-state index in [9.17, 15) is 28.2 Å². The van der Waals surface area contributed by atoms with E-state index in [1.54, 1.807) is 47.5 Å². The van der Waals surface area contributed by atoms with Crippen LogP contribution in [0.25, 0.3) is 0 Å². The van der Waals surface area contributed by atoms with Crippen molar-refractivity contribution in [3.8, 4) is 11.5 Å². The Labute approximate surface area is 226 Å². The number of rotatable bonds is 8. The number of amides is 1. The van der Waals surface area contributed by atoms with Crippen molar-refractivity contribution in [3.63, 3.8) is 0 Å². The summed E-state index contributed by atoms with van der Waals surface area (Å²) >= 11 is 0. The zero-order chi connectivity index (χ0) is 28.4. The van der Waals surface area contributed by atoms with E-state index in [4.69, 9.17) is 14.0 Å². The van der Waals surface area contributed by atoms with Crippen LogP contribution in [0.2, 0.25) is 0 Å². The van der Waals surface area contributed by atoms with Crippen molar-refractivity contribution < 1.29 is 42.2 Å². The van der Waals surface area contributed by atoms with Crippen LogP contribution >= 0.6 is 0 Å². The molecule has 1 unspecified atom stereocenters. The lowest BCUT2D eigenvalue weighted by Gasteiger charge is -2.35. The maximum absolute atomic E-state index is 13.1. The molecule has 1 saturated heterocycles. The molecule has 0 saturated carbocycles. The third-order valence-electron chi connectivity index (χ3n) is 5.87. The number of nitrogens with zero attached hydrogens (tertiary/aromatic N) is 2. The van der Waals surface area contributed by atoms with Gasteiger partial charge in [-0.3, -0.25) is 19.1 Å². The number of phenolic OH excluding ortho intramolecular Hbond substituents is 1. The molecule has 208 valence electrons. The first-order chi connectivity index (χ1) is 18.7. The van der Waals surface area contributed by atoms with E-state index in [2.05, 4.69) is 4.98 Å². The minimum Gasteiger partial charge on any atom is -0.507 e. The molecule has 1 amide bonds. The lowest BCUT2D eigenvalue weighted by molar-refractivity contribution is -0.0152. The minimum atomic E-state index is -4.02. The summed E-state index contributed by atoms with van der Waals surface area (Å²) in [6.45, 7) is 2.93. The van der Waals surface area contributed by atoms with Crippen LogP contribution < -0.4 is 4.74 Å². The maximum atomic E-state index is 13.1. The topological polar surface area (TPSA) is 164 Å². The van der Waals surface area contributed by atoms with Gasteiger partial charge in [-0.05, 0) is 43.3 Å². The normalized spacial score (nSPS) is 15.2. The Balaban J connectivity index is 0.000000320. The number of ether oxygens (including phenoxy) is 2. The van der Waals surface area contributed by atoms with Crippen LogP contribution in [-0.4, -0.2) is 84.3 Å². The molecule has 1 aliphatic rings. The number of carbonyl (C=O) groups excluding carboxylic acids is 2. The molecular weight excluding hydrogens is 528 g/mol. The van der Waals surface area contributed by atoms with Crippen molar-refractivity contribution in [2.45, 2.75) is 24.3 Å². The molecule has 1 aromatic heterocycles. The van der Waals surface area contributed by atoms with Gasteiger partial charge in [0, 0.05) is 25.8 Å². The predicted octanol–water partition coefficient (Wildman–Crippen LogP) is 2.30. The molecule has 0 spiro atoms. The Morgan fingerprint density at radius 2 is 1.92 bits per heavy atom. The van der Waals surface area contributed by atoms with Gasteiger partial charge in [0.05, 0.1) is 41.0 Å². The summed E-state index contributed by atoms with van der Waals surface area (Å²) in [6.07, 6.45) is 2.41. The second-order valence-corrected chi connectivity index (χ2v) is 10.0. The van der Waals surface area contributed by atoms with Crippen molar-refractivity contribution in [3.05, 3.63) is 83.2 Å². The molecule has 0 radical (unpaired) electrons. The first kappa shape index (κ1) is 29.7. The molecule has 4 rings (SSSR count). The number of aromatic nitrogens is 1. The molecule has 2 aromatic carbocycles. The highest BCUT2D eigenvalue weighted by Crippen LogP contribution is 2.26. The molecule has 12 heteroatoms. The highest BCUT2D eigenvalue weighted by Gasteiger charge is 2.30. The fourth-order valence-corrected chi connectivity index (χ4v) is 4.31. The zero-order valence-electron chi connectivity index (χ0n) is 21.3.